The van der Waals surface area contributed by atoms with Crippen LogP contribution in [0.1, 0.15) is 31.9 Å². The number of H-pyrrole nitrogens is 1. The third-order valence-corrected chi connectivity index (χ3v) is 4.91. The van der Waals surface area contributed by atoms with Gasteiger partial charge in [-0.05, 0) is 12.8 Å². The number of nitrogens with one attached hydrogen (secondary N) is 2. The maximum absolute atomic E-state index is 10.2. The topological polar surface area (TPSA) is 127 Å². The van der Waals surface area contributed by atoms with Gasteiger partial charge in [0.05, 0.1) is 6.61 Å². The monoisotopic (exact) mass is 336 g/mol. The molecule has 2 aliphatic rings. The molecule has 1 aliphatic heterocycles. The summed E-state index contributed by atoms with van der Waals surface area (Å²) in [5, 5.41) is 32.8. The molecule has 2 aromatic rings. The summed E-state index contributed by atoms with van der Waals surface area (Å²) in [7, 11) is 0. The van der Waals surface area contributed by atoms with E-state index in [1.807, 2.05) is 0 Å². The van der Waals surface area contributed by atoms with Crippen molar-refractivity contribution in [2.24, 2.45) is 0 Å². The zero-order valence-electron chi connectivity index (χ0n) is 13.2. The average molecular weight is 336 g/mol. The smallest absolute Gasteiger partial charge is 0.309 e. The Morgan fingerprint density at radius 3 is 2.75 bits per heavy atom. The summed E-state index contributed by atoms with van der Waals surface area (Å²) in [5.41, 5.74) is 1.29. The van der Waals surface area contributed by atoms with Crippen LogP contribution in [0.4, 0.5) is 5.82 Å². The number of anilines is 1. The number of imidazole rings is 1. The summed E-state index contributed by atoms with van der Waals surface area (Å²) in [6, 6.07) is 0.411. The molecule has 3 heterocycles. The van der Waals surface area contributed by atoms with E-state index in [0.717, 1.165) is 24.2 Å². The fraction of sp³-hybridized carbons (Fsp3) is 0.667. The fourth-order valence-electron chi connectivity index (χ4n) is 3.58. The van der Waals surface area contributed by atoms with Gasteiger partial charge in [-0.25, -0.2) is 4.57 Å². The Morgan fingerprint density at radius 1 is 1.25 bits per heavy atom. The van der Waals surface area contributed by atoms with Crippen molar-refractivity contribution in [2.75, 3.05) is 11.9 Å². The van der Waals surface area contributed by atoms with Crippen LogP contribution in [0.25, 0.3) is 11.2 Å². The second kappa shape index (κ2) is 6.25. The predicted octanol–water partition coefficient (Wildman–Crippen LogP) is -0.789. The first-order valence-electron chi connectivity index (χ1n) is 8.31. The number of fused-ring (bicyclic) bond motifs is 1. The molecule has 2 aromatic heterocycles. The van der Waals surface area contributed by atoms with Gasteiger partial charge in [0.25, 0.3) is 0 Å². The van der Waals surface area contributed by atoms with E-state index in [4.69, 9.17) is 4.74 Å². The first-order chi connectivity index (χ1) is 11.7. The van der Waals surface area contributed by atoms with Gasteiger partial charge >= 0.3 is 5.65 Å². The van der Waals surface area contributed by atoms with Crippen LogP contribution >= 0.6 is 0 Å². The molecule has 1 aliphatic carbocycles. The fourth-order valence-corrected chi connectivity index (χ4v) is 3.58. The van der Waals surface area contributed by atoms with Gasteiger partial charge in [0.15, 0.2) is 18.5 Å². The second-order valence-electron chi connectivity index (χ2n) is 6.46. The Hall–Kier alpha value is -1.81. The molecule has 130 valence electrons. The van der Waals surface area contributed by atoms with Gasteiger partial charge in [0.2, 0.25) is 11.7 Å². The summed E-state index contributed by atoms with van der Waals surface area (Å²) in [4.78, 5) is 11.7. The summed E-state index contributed by atoms with van der Waals surface area (Å²) in [5.74, 6) is 0.720. The van der Waals surface area contributed by atoms with Crippen LogP contribution in [-0.2, 0) is 4.74 Å². The van der Waals surface area contributed by atoms with Crippen LogP contribution in [0.3, 0.4) is 0 Å². The van der Waals surface area contributed by atoms with Crippen molar-refractivity contribution < 1.29 is 24.6 Å². The zero-order valence-corrected chi connectivity index (χ0v) is 13.2. The number of rotatable bonds is 4. The molecule has 0 aromatic carbocycles. The second-order valence-corrected chi connectivity index (χ2v) is 6.46. The van der Waals surface area contributed by atoms with E-state index in [-0.39, 0.29) is 6.61 Å². The normalized spacial score (nSPS) is 31.1. The van der Waals surface area contributed by atoms with E-state index in [0.29, 0.717) is 11.7 Å². The molecular formula is C15H22N5O4+. The van der Waals surface area contributed by atoms with Crippen molar-refractivity contribution in [3.05, 3.63) is 12.7 Å². The molecule has 4 rings (SSSR count). The van der Waals surface area contributed by atoms with E-state index < -0.39 is 24.5 Å². The average Bonchev–Trinajstić information content (AvgIpc) is 3.30. The summed E-state index contributed by atoms with van der Waals surface area (Å²) in [6.45, 7) is -0.360. The minimum atomic E-state index is -1.15. The number of hydrogen-bond donors (Lipinski definition) is 5. The van der Waals surface area contributed by atoms with E-state index in [1.165, 1.54) is 19.2 Å². The molecule has 24 heavy (non-hydrogen) atoms. The molecule has 4 atom stereocenters. The molecule has 9 nitrogen and oxygen atoms in total. The Morgan fingerprint density at radius 2 is 2.04 bits per heavy atom. The first-order valence-corrected chi connectivity index (χ1v) is 8.31. The molecule has 0 amide bonds. The number of ether oxygens (including phenoxy) is 1. The largest absolute Gasteiger partial charge is 0.394 e. The maximum Gasteiger partial charge on any atom is 0.309 e. The van der Waals surface area contributed by atoms with Crippen molar-refractivity contribution in [3.8, 4) is 0 Å². The first kappa shape index (κ1) is 15.7. The van der Waals surface area contributed by atoms with Crippen LogP contribution in [0.15, 0.2) is 12.7 Å². The summed E-state index contributed by atoms with van der Waals surface area (Å²) >= 11 is 0. The van der Waals surface area contributed by atoms with Gasteiger partial charge in [-0.1, -0.05) is 17.8 Å². The van der Waals surface area contributed by atoms with Crippen LogP contribution in [0.5, 0.6) is 0 Å². The lowest BCUT2D eigenvalue weighted by Gasteiger charge is -2.13. The van der Waals surface area contributed by atoms with E-state index in [1.54, 1.807) is 10.9 Å². The molecule has 5 N–H and O–H groups in total. The van der Waals surface area contributed by atoms with Crippen LogP contribution in [0.2, 0.25) is 0 Å². The minimum Gasteiger partial charge on any atom is -0.394 e. The lowest BCUT2D eigenvalue weighted by Crippen LogP contribution is -2.45. The number of nitrogens with zero attached hydrogens (tertiary/aromatic N) is 3. The Kier molecular flexibility index (Phi) is 4.09. The van der Waals surface area contributed by atoms with Gasteiger partial charge in [-0.2, -0.15) is 4.98 Å². The Bertz CT molecular complexity index is 717. The number of hydrogen-bond acceptors (Lipinski definition) is 7. The van der Waals surface area contributed by atoms with Gasteiger partial charge < -0.3 is 25.4 Å². The van der Waals surface area contributed by atoms with Gasteiger partial charge in [0, 0.05) is 6.04 Å². The molecule has 0 radical (unpaired) electrons. The highest BCUT2D eigenvalue weighted by atomic mass is 16.6. The van der Waals surface area contributed by atoms with E-state index >= 15 is 0 Å². The number of aromatic amines is 1. The molecule has 1 saturated heterocycles. The standard InChI is InChI=1S/C15H21N5O4/c21-5-9-11(22)12(23)15(24-9)20-7-18-10-13(16-6-17-14(10)20)19-8-3-1-2-4-8/h6-9,11-12,15,21-23H,1-5H2,(H,16,17,19)/p+1. The van der Waals surface area contributed by atoms with Gasteiger partial charge in [-0.15, -0.1) is 0 Å². The lowest BCUT2D eigenvalue weighted by atomic mass is 10.1. The maximum atomic E-state index is 10.2. The summed E-state index contributed by atoms with van der Waals surface area (Å²) in [6.07, 6.45) is 3.87. The van der Waals surface area contributed by atoms with Crippen molar-refractivity contribution >= 4 is 17.0 Å². The highest BCUT2D eigenvalue weighted by Crippen LogP contribution is 2.28. The predicted molar refractivity (Wildman–Crippen MR) is 83.0 cm³/mol. The Labute approximate surface area is 138 Å². The molecule has 9 heteroatoms. The zero-order chi connectivity index (χ0) is 16.7. The van der Waals surface area contributed by atoms with E-state index in [9.17, 15) is 15.3 Å². The van der Waals surface area contributed by atoms with E-state index in [2.05, 4.69) is 20.3 Å². The van der Waals surface area contributed by atoms with Crippen molar-refractivity contribution in [2.45, 2.75) is 56.3 Å². The third-order valence-electron chi connectivity index (χ3n) is 4.91. The van der Waals surface area contributed by atoms with Crippen LogP contribution in [0, 0.1) is 0 Å². The highest BCUT2D eigenvalue weighted by molar-refractivity contribution is 5.79. The van der Waals surface area contributed by atoms with Crippen molar-refractivity contribution in [3.63, 3.8) is 0 Å². The van der Waals surface area contributed by atoms with Gasteiger partial charge in [-0.3, -0.25) is 4.98 Å². The quantitative estimate of drug-likeness (QED) is 0.463. The molecule has 1 saturated carbocycles. The Balaban J connectivity index is 1.65. The SMILES string of the molecule is OCC1OC([n+]2c[nH]c3c(NC4CCCC4)ncnc32)C(O)C1O. The number of aliphatic hydroxyl groups excluding tert-OH is 3. The third kappa shape index (κ3) is 2.53. The van der Waals surface area contributed by atoms with Crippen LogP contribution < -0.4 is 9.88 Å². The highest BCUT2D eigenvalue weighted by Gasteiger charge is 2.46. The van der Waals surface area contributed by atoms with Crippen molar-refractivity contribution in [1.82, 2.24) is 15.0 Å². The molecular weight excluding hydrogens is 314 g/mol. The molecule has 4 unspecified atom stereocenters. The molecule has 2 fully saturated rings. The molecule has 0 spiro atoms. The lowest BCUT2D eigenvalue weighted by molar-refractivity contribution is -0.745. The minimum absolute atomic E-state index is 0.360. The van der Waals surface area contributed by atoms with Crippen LogP contribution in [-0.4, -0.2) is 61.2 Å². The molecule has 0 bridgehead atoms. The number of aliphatic hydroxyl groups is 3. The number of aromatic nitrogens is 4. The van der Waals surface area contributed by atoms with Gasteiger partial charge in [0.1, 0.15) is 18.3 Å². The van der Waals surface area contributed by atoms with Crippen molar-refractivity contribution in [1.29, 1.82) is 0 Å². The summed E-state index contributed by atoms with van der Waals surface area (Å²) < 4.78 is 7.20.